The molecular formula is C12H12N4O2. The number of aromatic nitrogens is 2. The van der Waals surface area contributed by atoms with Crippen LogP contribution in [0.15, 0.2) is 36.7 Å². The van der Waals surface area contributed by atoms with Gasteiger partial charge in [-0.05, 0) is 18.2 Å². The van der Waals surface area contributed by atoms with E-state index < -0.39 is 5.91 Å². The number of hydrogen-bond acceptors (Lipinski definition) is 5. The van der Waals surface area contributed by atoms with Crippen molar-refractivity contribution in [2.75, 3.05) is 5.73 Å². The second-order valence-electron chi connectivity index (χ2n) is 3.57. The fraction of sp³-hybridized carbons (Fsp3) is 0.0833. The molecule has 0 atom stereocenters. The van der Waals surface area contributed by atoms with Crippen molar-refractivity contribution in [3.63, 3.8) is 0 Å². The van der Waals surface area contributed by atoms with Crippen molar-refractivity contribution in [1.82, 2.24) is 9.97 Å². The van der Waals surface area contributed by atoms with Gasteiger partial charge in [-0.3, -0.25) is 4.79 Å². The molecule has 1 heterocycles. The minimum absolute atomic E-state index is 0.143. The number of carbonyl (C=O) groups is 1. The van der Waals surface area contributed by atoms with Crippen LogP contribution < -0.4 is 16.2 Å². The number of nitrogen functional groups attached to an aromatic ring is 1. The SMILES string of the molecule is NC(=O)c1ccc(N)cc1OCc1ncccn1. The maximum Gasteiger partial charge on any atom is 0.252 e. The third-order valence-electron chi connectivity index (χ3n) is 2.25. The van der Waals surface area contributed by atoms with Crippen LogP contribution in [-0.4, -0.2) is 15.9 Å². The molecule has 0 bridgehead atoms. The summed E-state index contributed by atoms with van der Waals surface area (Å²) >= 11 is 0. The minimum Gasteiger partial charge on any atom is -0.485 e. The first-order valence-electron chi connectivity index (χ1n) is 5.25. The van der Waals surface area contributed by atoms with Crippen LogP contribution in [-0.2, 0) is 6.61 Å². The Labute approximate surface area is 104 Å². The Balaban J connectivity index is 2.18. The number of anilines is 1. The highest BCUT2D eigenvalue weighted by Crippen LogP contribution is 2.22. The molecule has 1 amide bonds. The fourth-order valence-corrected chi connectivity index (χ4v) is 1.41. The minimum atomic E-state index is -0.570. The van der Waals surface area contributed by atoms with Crippen LogP contribution in [0.3, 0.4) is 0 Å². The van der Waals surface area contributed by atoms with E-state index in [0.717, 1.165) is 0 Å². The summed E-state index contributed by atoms with van der Waals surface area (Å²) in [5.74, 6) is 0.268. The second-order valence-corrected chi connectivity index (χ2v) is 3.57. The lowest BCUT2D eigenvalue weighted by atomic mass is 10.2. The van der Waals surface area contributed by atoms with Crippen LogP contribution >= 0.6 is 0 Å². The van der Waals surface area contributed by atoms with Gasteiger partial charge < -0.3 is 16.2 Å². The third kappa shape index (κ3) is 2.73. The molecule has 0 saturated heterocycles. The Hall–Kier alpha value is -2.63. The number of carbonyl (C=O) groups excluding carboxylic acids is 1. The predicted molar refractivity (Wildman–Crippen MR) is 65.7 cm³/mol. The molecule has 6 nitrogen and oxygen atoms in total. The van der Waals surface area contributed by atoms with Crippen molar-refractivity contribution >= 4 is 11.6 Å². The molecule has 0 unspecified atom stereocenters. The number of amides is 1. The average Bonchev–Trinajstić information content (AvgIpc) is 2.37. The summed E-state index contributed by atoms with van der Waals surface area (Å²) in [5, 5.41) is 0. The molecule has 4 N–H and O–H groups in total. The predicted octanol–water partition coefficient (Wildman–Crippen LogP) is 0.737. The summed E-state index contributed by atoms with van der Waals surface area (Å²) in [7, 11) is 0. The number of nitrogens with zero attached hydrogens (tertiary/aromatic N) is 2. The van der Waals surface area contributed by atoms with Crippen molar-refractivity contribution in [3.8, 4) is 5.75 Å². The Bertz CT molecular complexity index is 557. The Morgan fingerprint density at radius 3 is 2.67 bits per heavy atom. The van der Waals surface area contributed by atoms with Crippen LogP contribution in [0.4, 0.5) is 5.69 Å². The van der Waals surface area contributed by atoms with Crippen LogP contribution in [0.1, 0.15) is 16.2 Å². The standard InChI is InChI=1S/C12H12N4O2/c13-8-2-3-9(12(14)17)10(6-8)18-7-11-15-4-1-5-16-11/h1-6H,7,13H2,(H2,14,17). The second kappa shape index (κ2) is 5.13. The zero-order chi connectivity index (χ0) is 13.0. The summed E-state index contributed by atoms with van der Waals surface area (Å²) in [4.78, 5) is 19.2. The number of nitrogens with two attached hydrogens (primary N) is 2. The Morgan fingerprint density at radius 1 is 1.28 bits per heavy atom. The van der Waals surface area contributed by atoms with Crippen LogP contribution in [0.25, 0.3) is 0 Å². The molecule has 1 aromatic carbocycles. The average molecular weight is 244 g/mol. The van der Waals surface area contributed by atoms with E-state index in [1.54, 1.807) is 30.6 Å². The van der Waals surface area contributed by atoms with Crippen LogP contribution in [0.2, 0.25) is 0 Å². The summed E-state index contributed by atoms with van der Waals surface area (Å²) in [6, 6.07) is 6.37. The maximum atomic E-state index is 11.2. The molecule has 0 saturated carbocycles. The van der Waals surface area contributed by atoms with Crippen LogP contribution in [0.5, 0.6) is 5.75 Å². The van der Waals surface area contributed by atoms with Gasteiger partial charge in [-0.15, -0.1) is 0 Å². The highest BCUT2D eigenvalue weighted by Gasteiger charge is 2.10. The van der Waals surface area contributed by atoms with Gasteiger partial charge in [0, 0.05) is 24.1 Å². The third-order valence-corrected chi connectivity index (χ3v) is 2.25. The van der Waals surface area contributed by atoms with Gasteiger partial charge >= 0.3 is 0 Å². The van der Waals surface area contributed by atoms with E-state index in [9.17, 15) is 4.79 Å². The van der Waals surface area contributed by atoms with Crippen LogP contribution in [0, 0.1) is 0 Å². The summed E-state index contributed by atoms with van der Waals surface area (Å²) < 4.78 is 5.46. The summed E-state index contributed by atoms with van der Waals surface area (Å²) in [5.41, 5.74) is 11.6. The quantitative estimate of drug-likeness (QED) is 0.772. The first-order chi connectivity index (χ1) is 8.66. The highest BCUT2D eigenvalue weighted by molar-refractivity contribution is 5.96. The zero-order valence-electron chi connectivity index (χ0n) is 9.54. The number of ether oxygens (including phenoxy) is 1. The molecule has 0 fully saturated rings. The van der Waals surface area contributed by atoms with Gasteiger partial charge in [0.15, 0.2) is 5.82 Å². The Kier molecular flexibility index (Phi) is 3.38. The van der Waals surface area contributed by atoms with E-state index in [-0.39, 0.29) is 12.2 Å². The number of primary amides is 1. The molecule has 0 spiro atoms. The number of rotatable bonds is 4. The highest BCUT2D eigenvalue weighted by atomic mass is 16.5. The van der Waals surface area contributed by atoms with E-state index in [0.29, 0.717) is 17.3 Å². The topological polar surface area (TPSA) is 104 Å². The van der Waals surface area contributed by atoms with Gasteiger partial charge in [-0.2, -0.15) is 0 Å². The molecule has 1 aromatic heterocycles. The summed E-state index contributed by atoms with van der Waals surface area (Å²) in [6.45, 7) is 0.143. The molecule has 6 heteroatoms. The molecule has 2 rings (SSSR count). The normalized spacial score (nSPS) is 10.0. The van der Waals surface area contributed by atoms with Gasteiger partial charge in [0.25, 0.3) is 5.91 Å². The van der Waals surface area contributed by atoms with Crippen molar-refractivity contribution < 1.29 is 9.53 Å². The van der Waals surface area contributed by atoms with Crippen molar-refractivity contribution in [2.24, 2.45) is 5.73 Å². The van der Waals surface area contributed by atoms with Crippen molar-refractivity contribution in [1.29, 1.82) is 0 Å². The lowest BCUT2D eigenvalue weighted by Gasteiger charge is -2.09. The lowest BCUT2D eigenvalue weighted by molar-refractivity contribution is 0.0996. The van der Waals surface area contributed by atoms with Gasteiger partial charge in [-0.1, -0.05) is 0 Å². The molecule has 0 aliphatic heterocycles. The fourth-order valence-electron chi connectivity index (χ4n) is 1.41. The first-order valence-corrected chi connectivity index (χ1v) is 5.25. The number of benzene rings is 1. The Morgan fingerprint density at radius 2 is 2.00 bits per heavy atom. The van der Waals surface area contributed by atoms with Crippen molar-refractivity contribution in [2.45, 2.75) is 6.61 Å². The number of hydrogen-bond donors (Lipinski definition) is 2. The lowest BCUT2D eigenvalue weighted by Crippen LogP contribution is -2.13. The van der Waals surface area contributed by atoms with Gasteiger partial charge in [0.2, 0.25) is 0 Å². The van der Waals surface area contributed by atoms with Gasteiger partial charge in [0.05, 0.1) is 5.56 Å². The molecule has 0 radical (unpaired) electrons. The first kappa shape index (κ1) is 11.8. The molecule has 18 heavy (non-hydrogen) atoms. The monoisotopic (exact) mass is 244 g/mol. The smallest absolute Gasteiger partial charge is 0.252 e. The van der Waals surface area contributed by atoms with E-state index in [4.69, 9.17) is 16.2 Å². The van der Waals surface area contributed by atoms with E-state index in [1.807, 2.05) is 0 Å². The van der Waals surface area contributed by atoms with E-state index >= 15 is 0 Å². The largest absolute Gasteiger partial charge is 0.485 e. The zero-order valence-corrected chi connectivity index (χ0v) is 9.54. The van der Waals surface area contributed by atoms with E-state index in [1.165, 1.54) is 6.07 Å². The molecule has 0 aliphatic carbocycles. The molecule has 92 valence electrons. The van der Waals surface area contributed by atoms with Gasteiger partial charge in [-0.25, -0.2) is 9.97 Å². The molecule has 2 aromatic rings. The molecule has 0 aliphatic rings. The summed E-state index contributed by atoms with van der Waals surface area (Å²) in [6.07, 6.45) is 3.22. The maximum absolute atomic E-state index is 11.2. The molecular weight excluding hydrogens is 232 g/mol. The van der Waals surface area contributed by atoms with E-state index in [2.05, 4.69) is 9.97 Å². The van der Waals surface area contributed by atoms with Crippen molar-refractivity contribution in [3.05, 3.63) is 48.0 Å². The van der Waals surface area contributed by atoms with Gasteiger partial charge in [0.1, 0.15) is 12.4 Å².